The second kappa shape index (κ2) is 13.9. The molecule has 163 valence electrons. The first kappa shape index (κ1) is 27.7. The topological polar surface area (TPSA) is 181 Å². The normalized spacial score (nSPS) is 8.90. The number of rotatable bonds is 3. The molecule has 3 aromatic rings. The van der Waals surface area contributed by atoms with Gasteiger partial charge in [-0.25, -0.2) is 14.4 Å². The summed E-state index contributed by atoms with van der Waals surface area (Å²) in [5, 5.41) is 57.1. The van der Waals surface area contributed by atoms with Gasteiger partial charge in [0.1, 0.15) is 0 Å². The Labute approximate surface area is 206 Å². The van der Waals surface area contributed by atoms with Crippen LogP contribution in [0.25, 0.3) is 0 Å². The maximum absolute atomic E-state index is 10.7. The predicted octanol–water partition coefficient (Wildman–Crippen LogP) is 1.38. The molecule has 0 atom stereocenters. The van der Waals surface area contributed by atoms with Gasteiger partial charge in [0.15, 0.2) is 0 Å². The molecule has 3 rings (SSSR count). The third-order valence-corrected chi connectivity index (χ3v) is 3.35. The van der Waals surface area contributed by atoms with Gasteiger partial charge in [-0.15, -0.1) is 0 Å². The van der Waals surface area contributed by atoms with Gasteiger partial charge in [0.05, 0.1) is 16.7 Å². The van der Waals surface area contributed by atoms with Crippen LogP contribution < -0.4 is 15.3 Å². The summed E-state index contributed by atoms with van der Waals surface area (Å²) in [6.07, 6.45) is 0. The van der Waals surface area contributed by atoms with Crippen molar-refractivity contribution in [1.82, 2.24) is 0 Å². The molecule has 0 aliphatic rings. The number of benzene rings is 3. The summed E-state index contributed by atoms with van der Waals surface area (Å²) in [5.74, 6) is -4.87. The molecular weight excluding hydrogens is 559 g/mol. The third-order valence-electron chi connectivity index (χ3n) is 3.35. The number of hydrogen-bond donors (Lipinski definition) is 3. The van der Waals surface area contributed by atoms with Gasteiger partial charge in [-0.3, -0.25) is 0 Å². The van der Waals surface area contributed by atoms with Crippen molar-refractivity contribution < 1.29 is 83.2 Å². The number of carboxylic acid groups (broad SMARTS) is 3. The van der Waals surface area contributed by atoms with E-state index < -0.39 is 35.2 Å². The van der Waals surface area contributed by atoms with Gasteiger partial charge in [0.2, 0.25) is 0 Å². The molecule has 0 unspecified atom stereocenters. The van der Waals surface area contributed by atoms with E-state index in [-0.39, 0.29) is 54.9 Å². The van der Waals surface area contributed by atoms with Crippen LogP contribution in [0.3, 0.4) is 0 Å². The summed E-state index contributed by atoms with van der Waals surface area (Å²) in [6.45, 7) is 0. The Morgan fingerprint density at radius 2 is 0.677 bits per heavy atom. The number of carboxylic acids is 3. The van der Waals surface area contributed by atoms with Gasteiger partial charge >= 0.3 is 56.1 Å². The van der Waals surface area contributed by atoms with Crippen LogP contribution in [0.4, 0.5) is 0 Å². The Kier molecular flexibility index (Phi) is 12.4. The first-order chi connectivity index (χ1) is 14.1. The molecule has 0 aromatic heterocycles. The molecule has 0 aliphatic carbocycles. The number of aromatic carboxylic acids is 3. The summed E-state index contributed by atoms with van der Waals surface area (Å²) in [5.41, 5.74) is -0.535. The Hall–Kier alpha value is -3.26. The third kappa shape index (κ3) is 9.40. The summed E-state index contributed by atoms with van der Waals surface area (Å²) in [4.78, 5) is 30.7. The van der Waals surface area contributed by atoms with Crippen molar-refractivity contribution in [3.8, 4) is 17.2 Å². The molecular formula is C21H15DyO9. The molecule has 31 heavy (non-hydrogen) atoms. The maximum Gasteiger partial charge on any atom is 3.00 e. The Balaban J connectivity index is 0.000000429. The predicted molar refractivity (Wildman–Crippen MR) is 98.5 cm³/mol. The van der Waals surface area contributed by atoms with Crippen LogP contribution in [-0.4, -0.2) is 33.2 Å². The minimum atomic E-state index is -1.18. The molecule has 3 aromatic carbocycles. The van der Waals surface area contributed by atoms with E-state index in [1.165, 1.54) is 72.8 Å². The Bertz CT molecular complexity index is 903. The zero-order valence-electron chi connectivity index (χ0n) is 15.5. The van der Waals surface area contributed by atoms with Crippen LogP contribution in [0.1, 0.15) is 31.1 Å². The second-order valence-corrected chi connectivity index (χ2v) is 5.40. The summed E-state index contributed by atoms with van der Waals surface area (Å²) in [6, 6.07) is 16.6. The van der Waals surface area contributed by atoms with E-state index in [1.807, 2.05) is 0 Å². The summed E-state index contributed by atoms with van der Waals surface area (Å²) < 4.78 is 0. The molecule has 0 saturated carbocycles. The standard InChI is InChI=1S/3C7H6O3.Dy/c3*8-6-4-2-1-3-5(6)7(9)10;/h3*1-4,8H,(H,9,10);/q;;;+3/p-3. The fourth-order valence-electron chi connectivity index (χ4n) is 1.93. The molecule has 0 bridgehead atoms. The van der Waals surface area contributed by atoms with Crippen molar-refractivity contribution in [2.45, 2.75) is 0 Å². The van der Waals surface area contributed by atoms with E-state index >= 15 is 0 Å². The van der Waals surface area contributed by atoms with Gasteiger partial charge in [0.25, 0.3) is 0 Å². The summed E-state index contributed by atoms with van der Waals surface area (Å²) >= 11 is 0. The van der Waals surface area contributed by atoms with Crippen molar-refractivity contribution in [1.29, 1.82) is 0 Å². The van der Waals surface area contributed by atoms with Gasteiger partial charge in [-0.1, -0.05) is 71.8 Å². The average Bonchev–Trinajstić information content (AvgIpc) is 2.69. The molecule has 3 N–H and O–H groups in total. The van der Waals surface area contributed by atoms with Crippen molar-refractivity contribution >= 4 is 17.9 Å². The van der Waals surface area contributed by atoms with E-state index in [0.717, 1.165) is 0 Å². The van der Waals surface area contributed by atoms with Crippen molar-refractivity contribution in [2.75, 3.05) is 0 Å². The Morgan fingerprint density at radius 3 is 0.806 bits per heavy atom. The van der Waals surface area contributed by atoms with Gasteiger partial charge in [-0.2, -0.15) is 0 Å². The molecule has 10 heteroatoms. The van der Waals surface area contributed by atoms with Crippen LogP contribution in [0, 0.1) is 38.2 Å². The molecule has 0 spiro atoms. The number of carbonyl (C=O) groups is 3. The minimum Gasteiger partial charge on any atom is -0.872 e. The molecule has 0 heterocycles. The SMILES string of the molecule is O=C(O)c1ccccc1[O-].O=C(O)c1ccccc1[O-].O=C(O)c1ccccc1[O-].[Dy+3]. The smallest absolute Gasteiger partial charge is 0.872 e. The van der Waals surface area contributed by atoms with E-state index in [4.69, 9.17) is 15.3 Å². The molecule has 0 amide bonds. The molecule has 0 saturated heterocycles. The first-order valence-electron chi connectivity index (χ1n) is 8.13. The van der Waals surface area contributed by atoms with Gasteiger partial charge < -0.3 is 30.6 Å². The van der Waals surface area contributed by atoms with E-state index in [9.17, 15) is 29.7 Å². The fourth-order valence-corrected chi connectivity index (χ4v) is 1.93. The van der Waals surface area contributed by atoms with Crippen LogP contribution in [0.2, 0.25) is 0 Å². The second-order valence-electron chi connectivity index (χ2n) is 5.40. The summed E-state index contributed by atoms with van der Waals surface area (Å²) in [7, 11) is 0. The van der Waals surface area contributed by atoms with Crippen molar-refractivity contribution in [3.05, 3.63) is 89.5 Å². The van der Waals surface area contributed by atoms with E-state index in [2.05, 4.69) is 0 Å². The average molecular weight is 574 g/mol. The molecule has 1 radical (unpaired) electrons. The number of hydrogen-bond acceptors (Lipinski definition) is 6. The molecule has 0 aliphatic heterocycles. The Morgan fingerprint density at radius 1 is 0.484 bits per heavy atom. The largest absolute Gasteiger partial charge is 3.00 e. The molecule has 9 nitrogen and oxygen atoms in total. The number of para-hydroxylation sites is 3. The van der Waals surface area contributed by atoms with Crippen LogP contribution in [-0.2, 0) is 0 Å². The fraction of sp³-hybridized carbons (Fsp3) is 0. The maximum atomic E-state index is 10.7. The zero-order valence-corrected chi connectivity index (χ0v) is 17.6. The van der Waals surface area contributed by atoms with E-state index in [1.54, 1.807) is 0 Å². The van der Waals surface area contributed by atoms with E-state index in [0.29, 0.717) is 0 Å². The van der Waals surface area contributed by atoms with Crippen LogP contribution >= 0.6 is 0 Å². The minimum absolute atomic E-state index is 0. The van der Waals surface area contributed by atoms with Gasteiger partial charge in [0, 0.05) is 0 Å². The van der Waals surface area contributed by atoms with Crippen LogP contribution in [0.5, 0.6) is 17.2 Å². The van der Waals surface area contributed by atoms with Gasteiger partial charge in [-0.05, 0) is 18.2 Å². The van der Waals surface area contributed by atoms with Crippen LogP contribution in [0.15, 0.2) is 72.8 Å². The monoisotopic (exact) mass is 575 g/mol. The zero-order chi connectivity index (χ0) is 22.7. The first-order valence-corrected chi connectivity index (χ1v) is 8.13. The van der Waals surface area contributed by atoms with Crippen molar-refractivity contribution in [2.24, 2.45) is 0 Å². The quantitative estimate of drug-likeness (QED) is 0.417. The van der Waals surface area contributed by atoms with Crippen molar-refractivity contribution in [3.63, 3.8) is 0 Å². The molecule has 0 fully saturated rings.